The number of anilines is 1. The molecular formula is C18H27N3O2. The van der Waals surface area contributed by atoms with Crippen LogP contribution in [0.15, 0.2) is 24.3 Å². The van der Waals surface area contributed by atoms with Gasteiger partial charge in [-0.1, -0.05) is 12.1 Å². The van der Waals surface area contributed by atoms with Gasteiger partial charge in [-0.25, -0.2) is 0 Å². The fraction of sp³-hybridized carbons (Fsp3) is 0.500. The van der Waals surface area contributed by atoms with Gasteiger partial charge in [-0.2, -0.15) is 5.10 Å². The molecule has 0 saturated heterocycles. The van der Waals surface area contributed by atoms with Crippen LogP contribution in [0.5, 0.6) is 5.75 Å². The maximum atomic E-state index is 9.10. The van der Waals surface area contributed by atoms with E-state index in [9.17, 15) is 0 Å². The Hall–Kier alpha value is -2.01. The lowest BCUT2D eigenvalue weighted by molar-refractivity contribution is 0.132. The Kier molecular flexibility index (Phi) is 5.31. The summed E-state index contributed by atoms with van der Waals surface area (Å²) in [7, 11) is 0. The van der Waals surface area contributed by atoms with Crippen molar-refractivity contribution in [3.63, 3.8) is 0 Å². The molecule has 0 aliphatic rings. The summed E-state index contributed by atoms with van der Waals surface area (Å²) in [5.41, 5.74) is 3.95. The number of aromatic nitrogens is 2. The largest absolute Gasteiger partial charge is 0.486 e. The number of hydrogen-bond donors (Lipinski definition) is 2. The van der Waals surface area contributed by atoms with E-state index in [0.717, 1.165) is 28.4 Å². The molecule has 0 radical (unpaired) electrons. The van der Waals surface area contributed by atoms with Gasteiger partial charge in [0.15, 0.2) is 0 Å². The highest BCUT2D eigenvalue weighted by Gasteiger charge is 2.15. The van der Waals surface area contributed by atoms with Crippen LogP contribution in [0.25, 0.3) is 0 Å². The van der Waals surface area contributed by atoms with E-state index in [1.54, 1.807) is 0 Å². The van der Waals surface area contributed by atoms with Gasteiger partial charge in [0.1, 0.15) is 11.4 Å². The molecule has 5 heteroatoms. The molecule has 0 spiro atoms. The van der Waals surface area contributed by atoms with Crippen molar-refractivity contribution >= 4 is 5.69 Å². The van der Waals surface area contributed by atoms with E-state index < -0.39 is 0 Å². The molecule has 2 N–H and O–H groups in total. The number of aliphatic hydroxyl groups is 1. The summed E-state index contributed by atoms with van der Waals surface area (Å²) in [6, 6.07) is 7.96. The van der Waals surface area contributed by atoms with E-state index in [1.165, 1.54) is 0 Å². The predicted octanol–water partition coefficient (Wildman–Crippen LogP) is 3.28. The number of para-hydroxylation sites is 2. The Balaban J connectivity index is 2.16. The minimum Gasteiger partial charge on any atom is -0.486 e. The quantitative estimate of drug-likeness (QED) is 0.858. The van der Waals surface area contributed by atoms with Crippen LogP contribution in [-0.4, -0.2) is 27.1 Å². The first kappa shape index (κ1) is 17.3. The number of aliphatic hydroxyl groups excluding tert-OH is 1. The first-order chi connectivity index (χ1) is 10.8. The molecule has 0 fully saturated rings. The lowest BCUT2D eigenvalue weighted by atomic mass is 10.1. The van der Waals surface area contributed by atoms with Gasteiger partial charge < -0.3 is 15.2 Å². The minimum absolute atomic E-state index is 0.0943. The molecule has 0 atom stereocenters. The molecule has 2 rings (SSSR count). The monoisotopic (exact) mass is 317 g/mol. The molecule has 1 heterocycles. The molecule has 1 aromatic heterocycles. The standard InChI is InChI=1S/C18H27N3O2/c1-13-15(14(2)21(20-13)10-11-22)12-19-16-8-6-7-9-17(16)23-18(3,4)5/h6-9,19,22H,10-12H2,1-5H3. The van der Waals surface area contributed by atoms with Crippen LogP contribution in [0, 0.1) is 13.8 Å². The zero-order valence-electron chi connectivity index (χ0n) is 14.7. The van der Waals surface area contributed by atoms with Crippen molar-refractivity contribution < 1.29 is 9.84 Å². The van der Waals surface area contributed by atoms with Gasteiger partial charge in [-0.3, -0.25) is 4.68 Å². The van der Waals surface area contributed by atoms with Crippen molar-refractivity contribution in [1.29, 1.82) is 0 Å². The second-order valence-electron chi connectivity index (χ2n) is 6.66. The molecular weight excluding hydrogens is 290 g/mol. The van der Waals surface area contributed by atoms with Crippen LogP contribution in [0.2, 0.25) is 0 Å². The van der Waals surface area contributed by atoms with E-state index in [0.29, 0.717) is 13.1 Å². The number of benzene rings is 1. The first-order valence-corrected chi connectivity index (χ1v) is 7.97. The predicted molar refractivity (Wildman–Crippen MR) is 92.9 cm³/mol. The van der Waals surface area contributed by atoms with Gasteiger partial charge in [-0.05, 0) is 46.8 Å². The van der Waals surface area contributed by atoms with E-state index >= 15 is 0 Å². The third-order valence-electron chi connectivity index (χ3n) is 3.60. The van der Waals surface area contributed by atoms with Gasteiger partial charge >= 0.3 is 0 Å². The van der Waals surface area contributed by atoms with Crippen LogP contribution >= 0.6 is 0 Å². The Labute approximate surface area is 138 Å². The summed E-state index contributed by atoms with van der Waals surface area (Å²) in [5.74, 6) is 0.845. The lowest BCUT2D eigenvalue weighted by Gasteiger charge is -2.23. The van der Waals surface area contributed by atoms with Gasteiger partial charge in [0, 0.05) is 17.8 Å². The number of hydrogen-bond acceptors (Lipinski definition) is 4. The zero-order valence-corrected chi connectivity index (χ0v) is 14.7. The van der Waals surface area contributed by atoms with E-state index in [1.807, 2.05) is 63.6 Å². The van der Waals surface area contributed by atoms with Gasteiger partial charge in [0.05, 0.1) is 24.5 Å². The number of nitrogens with zero attached hydrogens (tertiary/aromatic N) is 2. The SMILES string of the molecule is Cc1nn(CCO)c(C)c1CNc1ccccc1OC(C)(C)C. The van der Waals surface area contributed by atoms with Crippen molar-refractivity contribution in [3.8, 4) is 5.75 Å². The van der Waals surface area contributed by atoms with Crippen LogP contribution in [0.4, 0.5) is 5.69 Å². The zero-order chi connectivity index (χ0) is 17.0. The second-order valence-corrected chi connectivity index (χ2v) is 6.66. The van der Waals surface area contributed by atoms with Gasteiger partial charge in [-0.15, -0.1) is 0 Å². The van der Waals surface area contributed by atoms with Crippen LogP contribution in [0.3, 0.4) is 0 Å². The first-order valence-electron chi connectivity index (χ1n) is 7.97. The molecule has 126 valence electrons. The summed E-state index contributed by atoms with van der Waals surface area (Å²) >= 11 is 0. The molecule has 1 aromatic carbocycles. The fourth-order valence-electron chi connectivity index (χ4n) is 2.52. The summed E-state index contributed by atoms with van der Waals surface area (Å²) < 4.78 is 7.86. The fourth-order valence-corrected chi connectivity index (χ4v) is 2.52. The van der Waals surface area contributed by atoms with E-state index in [4.69, 9.17) is 9.84 Å². The molecule has 5 nitrogen and oxygen atoms in total. The average molecular weight is 317 g/mol. The van der Waals surface area contributed by atoms with Crippen molar-refractivity contribution in [1.82, 2.24) is 9.78 Å². The summed E-state index contributed by atoms with van der Waals surface area (Å²) in [5, 5.41) is 17.0. The van der Waals surface area contributed by atoms with Crippen molar-refractivity contribution in [3.05, 3.63) is 41.2 Å². The van der Waals surface area contributed by atoms with E-state index in [-0.39, 0.29) is 12.2 Å². The average Bonchev–Trinajstić information content (AvgIpc) is 2.72. The molecule has 0 aliphatic carbocycles. The highest BCUT2D eigenvalue weighted by atomic mass is 16.5. The minimum atomic E-state index is -0.240. The maximum absolute atomic E-state index is 9.10. The second kappa shape index (κ2) is 7.04. The molecule has 0 bridgehead atoms. The van der Waals surface area contributed by atoms with Crippen LogP contribution < -0.4 is 10.1 Å². The number of aryl methyl sites for hydroxylation is 1. The highest BCUT2D eigenvalue weighted by Crippen LogP contribution is 2.28. The molecule has 0 unspecified atom stereocenters. The van der Waals surface area contributed by atoms with Crippen molar-refractivity contribution in [2.45, 2.75) is 53.3 Å². The van der Waals surface area contributed by atoms with Crippen LogP contribution in [-0.2, 0) is 13.1 Å². The number of ether oxygens (including phenoxy) is 1. The smallest absolute Gasteiger partial charge is 0.143 e. The normalized spacial score (nSPS) is 11.6. The molecule has 0 aliphatic heterocycles. The summed E-state index contributed by atoms with van der Waals surface area (Å²) in [6.07, 6.45) is 0. The molecule has 2 aromatic rings. The number of nitrogens with one attached hydrogen (secondary N) is 1. The van der Waals surface area contributed by atoms with Crippen molar-refractivity contribution in [2.75, 3.05) is 11.9 Å². The molecule has 0 saturated carbocycles. The summed E-state index contributed by atoms with van der Waals surface area (Å²) in [6.45, 7) is 11.4. The molecule has 0 amide bonds. The van der Waals surface area contributed by atoms with Gasteiger partial charge in [0.2, 0.25) is 0 Å². The van der Waals surface area contributed by atoms with E-state index in [2.05, 4.69) is 10.4 Å². The lowest BCUT2D eigenvalue weighted by Crippen LogP contribution is -2.23. The molecule has 23 heavy (non-hydrogen) atoms. The Morgan fingerprint density at radius 2 is 1.91 bits per heavy atom. The highest BCUT2D eigenvalue weighted by molar-refractivity contribution is 5.56. The Morgan fingerprint density at radius 1 is 1.22 bits per heavy atom. The Morgan fingerprint density at radius 3 is 2.57 bits per heavy atom. The third kappa shape index (κ3) is 4.48. The van der Waals surface area contributed by atoms with Crippen molar-refractivity contribution in [2.24, 2.45) is 0 Å². The maximum Gasteiger partial charge on any atom is 0.143 e. The van der Waals surface area contributed by atoms with Gasteiger partial charge in [0.25, 0.3) is 0 Å². The summed E-state index contributed by atoms with van der Waals surface area (Å²) in [4.78, 5) is 0. The number of rotatable bonds is 6. The van der Waals surface area contributed by atoms with Crippen LogP contribution in [0.1, 0.15) is 37.7 Å². The topological polar surface area (TPSA) is 59.3 Å². The Bertz CT molecular complexity index is 657. The third-order valence-corrected chi connectivity index (χ3v) is 3.60.